The number of aliphatic carboxylic acids is 1. The molecule has 7 nitrogen and oxygen atoms in total. The van der Waals surface area contributed by atoms with Gasteiger partial charge in [0.15, 0.2) is 0 Å². The van der Waals surface area contributed by atoms with Crippen LogP contribution in [0.2, 0.25) is 0 Å². The number of rotatable bonds is 6. The summed E-state index contributed by atoms with van der Waals surface area (Å²) in [5, 5.41) is 19.8. The SMILES string of the molecule is CCN(CC(C)C(=O)O)C(=O)c1cccc([N+](=O)[O-])c1Br. The monoisotopic (exact) mass is 358 g/mol. The highest BCUT2D eigenvalue weighted by molar-refractivity contribution is 9.10. The van der Waals surface area contributed by atoms with Crippen molar-refractivity contribution < 1.29 is 19.6 Å². The van der Waals surface area contributed by atoms with Crippen molar-refractivity contribution in [3.8, 4) is 0 Å². The number of nitro benzene ring substituents is 1. The van der Waals surface area contributed by atoms with E-state index in [1.807, 2.05) is 0 Å². The molecular formula is C13H15BrN2O5. The van der Waals surface area contributed by atoms with Crippen LogP contribution in [0.1, 0.15) is 24.2 Å². The van der Waals surface area contributed by atoms with Gasteiger partial charge >= 0.3 is 5.97 Å². The molecule has 1 atom stereocenters. The highest BCUT2D eigenvalue weighted by Crippen LogP contribution is 2.29. The first-order chi connectivity index (χ1) is 9.79. The van der Waals surface area contributed by atoms with E-state index >= 15 is 0 Å². The molecule has 0 spiro atoms. The summed E-state index contributed by atoms with van der Waals surface area (Å²) in [5.74, 6) is -2.16. The smallest absolute Gasteiger partial charge is 0.308 e. The molecule has 1 N–H and O–H groups in total. The number of carboxylic acid groups (broad SMARTS) is 1. The van der Waals surface area contributed by atoms with E-state index < -0.39 is 22.7 Å². The van der Waals surface area contributed by atoms with Crippen LogP contribution in [-0.2, 0) is 4.79 Å². The second-order valence-corrected chi connectivity index (χ2v) is 5.27. The molecule has 1 unspecified atom stereocenters. The second-order valence-electron chi connectivity index (χ2n) is 4.48. The van der Waals surface area contributed by atoms with E-state index in [0.717, 1.165) is 0 Å². The van der Waals surface area contributed by atoms with Gasteiger partial charge in [0.05, 0.1) is 16.4 Å². The quantitative estimate of drug-likeness (QED) is 0.621. The molecule has 0 aliphatic heterocycles. The number of nitrogens with zero attached hydrogens (tertiary/aromatic N) is 2. The van der Waals surface area contributed by atoms with Gasteiger partial charge in [-0.15, -0.1) is 0 Å². The van der Waals surface area contributed by atoms with Crippen molar-refractivity contribution in [3.05, 3.63) is 38.3 Å². The first kappa shape index (κ1) is 17.1. The summed E-state index contributed by atoms with van der Waals surface area (Å²) in [5.41, 5.74) is -0.0631. The topological polar surface area (TPSA) is 101 Å². The fraction of sp³-hybridized carbons (Fsp3) is 0.385. The molecule has 1 aromatic carbocycles. The number of benzene rings is 1. The fourth-order valence-electron chi connectivity index (χ4n) is 1.76. The van der Waals surface area contributed by atoms with Crippen molar-refractivity contribution in [2.24, 2.45) is 5.92 Å². The molecule has 0 aromatic heterocycles. The number of halogens is 1. The van der Waals surface area contributed by atoms with E-state index in [9.17, 15) is 19.7 Å². The van der Waals surface area contributed by atoms with E-state index in [0.29, 0.717) is 6.54 Å². The predicted octanol–water partition coefficient (Wildman–Crippen LogP) is 2.54. The predicted molar refractivity (Wildman–Crippen MR) is 79.2 cm³/mol. The molecule has 0 radical (unpaired) electrons. The van der Waals surface area contributed by atoms with E-state index in [4.69, 9.17) is 5.11 Å². The molecule has 0 bridgehead atoms. The Balaban J connectivity index is 3.09. The summed E-state index contributed by atoms with van der Waals surface area (Å²) < 4.78 is 0.0985. The van der Waals surface area contributed by atoms with Gasteiger partial charge in [-0.25, -0.2) is 0 Å². The Bertz CT molecular complexity index is 576. The van der Waals surface area contributed by atoms with Crippen molar-refractivity contribution >= 4 is 33.5 Å². The summed E-state index contributed by atoms with van der Waals surface area (Å²) in [6.07, 6.45) is 0. The number of nitro groups is 1. The average Bonchev–Trinajstić information content (AvgIpc) is 2.43. The van der Waals surface area contributed by atoms with Crippen molar-refractivity contribution in [2.75, 3.05) is 13.1 Å². The lowest BCUT2D eigenvalue weighted by Crippen LogP contribution is -2.37. The van der Waals surface area contributed by atoms with E-state index in [2.05, 4.69) is 15.9 Å². The van der Waals surface area contributed by atoms with E-state index in [1.54, 1.807) is 6.92 Å². The maximum Gasteiger partial charge on any atom is 0.308 e. The third-order valence-electron chi connectivity index (χ3n) is 2.99. The molecule has 1 amide bonds. The van der Waals surface area contributed by atoms with E-state index in [-0.39, 0.29) is 22.3 Å². The number of carbonyl (C=O) groups is 2. The molecule has 0 saturated heterocycles. The number of hydrogen-bond donors (Lipinski definition) is 1. The summed E-state index contributed by atoms with van der Waals surface area (Å²) in [6, 6.07) is 4.18. The number of hydrogen-bond acceptors (Lipinski definition) is 4. The fourth-order valence-corrected chi connectivity index (χ4v) is 2.34. The maximum atomic E-state index is 12.4. The molecule has 0 fully saturated rings. The van der Waals surface area contributed by atoms with Crippen LogP contribution in [-0.4, -0.2) is 39.9 Å². The molecule has 0 aliphatic rings. The van der Waals surface area contributed by atoms with Gasteiger partial charge < -0.3 is 10.0 Å². The summed E-state index contributed by atoms with van der Waals surface area (Å²) >= 11 is 3.07. The van der Waals surface area contributed by atoms with E-state index in [1.165, 1.54) is 30.0 Å². The van der Waals surface area contributed by atoms with Gasteiger partial charge in [0.25, 0.3) is 11.6 Å². The second kappa shape index (κ2) is 7.16. The molecule has 0 saturated carbocycles. The van der Waals surface area contributed by atoms with Crippen LogP contribution in [0, 0.1) is 16.0 Å². The Labute approximate surface area is 129 Å². The minimum atomic E-state index is -1.00. The van der Waals surface area contributed by atoms with Crippen LogP contribution < -0.4 is 0 Å². The molecule has 114 valence electrons. The lowest BCUT2D eigenvalue weighted by molar-refractivity contribution is -0.385. The Morgan fingerprint density at radius 2 is 2.10 bits per heavy atom. The van der Waals surface area contributed by atoms with Crippen molar-refractivity contribution in [3.63, 3.8) is 0 Å². The molecular weight excluding hydrogens is 344 g/mol. The normalized spacial score (nSPS) is 11.8. The number of amides is 1. The van der Waals surface area contributed by atoms with Crippen LogP contribution in [0.3, 0.4) is 0 Å². The lowest BCUT2D eigenvalue weighted by atomic mass is 10.1. The molecule has 21 heavy (non-hydrogen) atoms. The Morgan fingerprint density at radius 1 is 1.48 bits per heavy atom. The molecule has 8 heteroatoms. The minimum absolute atomic E-state index is 0.0415. The Hall–Kier alpha value is -1.96. The maximum absolute atomic E-state index is 12.4. The van der Waals surface area contributed by atoms with Gasteiger partial charge in [-0.2, -0.15) is 0 Å². The number of carbonyl (C=O) groups excluding carboxylic acids is 1. The summed E-state index contributed by atoms with van der Waals surface area (Å²) in [4.78, 5) is 34.9. The lowest BCUT2D eigenvalue weighted by Gasteiger charge is -2.23. The number of carboxylic acids is 1. The summed E-state index contributed by atoms with van der Waals surface area (Å²) in [6.45, 7) is 3.57. The largest absolute Gasteiger partial charge is 0.481 e. The van der Waals surface area contributed by atoms with Crippen molar-refractivity contribution in [1.82, 2.24) is 4.90 Å². The van der Waals surface area contributed by atoms with Crippen LogP contribution in [0.4, 0.5) is 5.69 Å². The average molecular weight is 359 g/mol. The molecule has 1 aromatic rings. The first-order valence-corrected chi connectivity index (χ1v) is 7.03. The third-order valence-corrected chi connectivity index (χ3v) is 3.82. The van der Waals surface area contributed by atoms with Gasteiger partial charge in [-0.05, 0) is 28.9 Å². The highest BCUT2D eigenvalue weighted by atomic mass is 79.9. The van der Waals surface area contributed by atoms with Gasteiger partial charge in [-0.1, -0.05) is 13.0 Å². The molecule has 0 heterocycles. The summed E-state index contributed by atoms with van der Waals surface area (Å²) in [7, 11) is 0. The van der Waals surface area contributed by atoms with Crippen molar-refractivity contribution in [2.45, 2.75) is 13.8 Å². The zero-order valence-electron chi connectivity index (χ0n) is 11.6. The zero-order chi connectivity index (χ0) is 16.2. The van der Waals surface area contributed by atoms with Crippen molar-refractivity contribution in [1.29, 1.82) is 0 Å². The van der Waals surface area contributed by atoms with Gasteiger partial charge in [0.1, 0.15) is 4.47 Å². The van der Waals surface area contributed by atoms with Gasteiger partial charge in [0, 0.05) is 19.2 Å². The highest BCUT2D eigenvalue weighted by Gasteiger charge is 2.25. The first-order valence-electron chi connectivity index (χ1n) is 6.24. The van der Waals surface area contributed by atoms with Crippen LogP contribution in [0.25, 0.3) is 0 Å². The zero-order valence-corrected chi connectivity index (χ0v) is 13.2. The third kappa shape index (κ3) is 4.01. The van der Waals surface area contributed by atoms with Crippen LogP contribution in [0.15, 0.2) is 22.7 Å². The molecule has 1 rings (SSSR count). The standard InChI is InChI=1S/C13H15BrN2O5/c1-3-15(7-8(2)13(18)19)12(17)9-5-4-6-10(11(9)14)16(20)21/h4-6,8H,3,7H2,1-2H3,(H,18,19). The molecule has 0 aliphatic carbocycles. The van der Waals surface area contributed by atoms with Gasteiger partial charge in [-0.3, -0.25) is 19.7 Å². The van der Waals surface area contributed by atoms with Crippen LogP contribution >= 0.6 is 15.9 Å². The van der Waals surface area contributed by atoms with Crippen LogP contribution in [0.5, 0.6) is 0 Å². The van der Waals surface area contributed by atoms with Gasteiger partial charge in [0.2, 0.25) is 0 Å². The Morgan fingerprint density at radius 3 is 2.57 bits per heavy atom. The minimum Gasteiger partial charge on any atom is -0.481 e. The Kier molecular flexibility index (Phi) is 5.83.